The number of methoxy groups -OCH3 is 1. The summed E-state index contributed by atoms with van der Waals surface area (Å²) < 4.78 is 61.1. The first-order valence-corrected chi connectivity index (χ1v) is 17.4. The molecule has 1 aromatic heterocycles. The Bertz CT molecular complexity index is 1780. The van der Waals surface area contributed by atoms with Crippen LogP contribution in [0.25, 0.3) is 10.1 Å². The molecule has 4 aromatic rings. The van der Waals surface area contributed by atoms with E-state index in [0.717, 1.165) is 28.5 Å². The Hall–Kier alpha value is -3.45. The van der Waals surface area contributed by atoms with E-state index in [-0.39, 0.29) is 17.3 Å². The summed E-state index contributed by atoms with van der Waals surface area (Å²) in [6.07, 6.45) is 2.34. The fourth-order valence-corrected chi connectivity index (χ4v) is 8.92. The highest BCUT2D eigenvalue weighted by Gasteiger charge is 2.27. The fraction of sp³-hybridized carbons (Fsp3) is 0.300. The van der Waals surface area contributed by atoms with E-state index in [1.165, 1.54) is 39.2 Å². The SMILES string of the molecule is CCN(c1ccc2sc(C(=O)NCCc3ccc(S(=O)(=O)N4CCCC4)cc3)cc2c1)S(=O)(=O)c1ccc(OC)cc1. The van der Waals surface area contributed by atoms with Gasteiger partial charge in [-0.3, -0.25) is 9.10 Å². The van der Waals surface area contributed by atoms with Gasteiger partial charge < -0.3 is 10.1 Å². The number of hydrogen-bond donors (Lipinski definition) is 1. The summed E-state index contributed by atoms with van der Waals surface area (Å²) in [6.45, 7) is 3.53. The highest BCUT2D eigenvalue weighted by molar-refractivity contribution is 7.92. The van der Waals surface area contributed by atoms with E-state index >= 15 is 0 Å². The number of nitrogens with one attached hydrogen (secondary N) is 1. The number of amides is 1. The Labute approximate surface area is 250 Å². The van der Waals surface area contributed by atoms with Crippen LogP contribution in [0, 0.1) is 0 Å². The second-order valence-electron chi connectivity index (χ2n) is 9.94. The van der Waals surface area contributed by atoms with Crippen LogP contribution in [-0.2, 0) is 26.5 Å². The van der Waals surface area contributed by atoms with Gasteiger partial charge in [0.2, 0.25) is 10.0 Å². The Balaban J connectivity index is 1.23. The van der Waals surface area contributed by atoms with Gasteiger partial charge in [0.15, 0.2) is 0 Å². The van der Waals surface area contributed by atoms with Gasteiger partial charge in [0.25, 0.3) is 15.9 Å². The molecule has 5 rings (SSSR count). The zero-order valence-electron chi connectivity index (χ0n) is 23.4. The maximum Gasteiger partial charge on any atom is 0.264 e. The lowest BCUT2D eigenvalue weighted by molar-refractivity contribution is 0.0958. The third-order valence-electron chi connectivity index (χ3n) is 7.27. The molecule has 9 nitrogen and oxygen atoms in total. The van der Waals surface area contributed by atoms with Gasteiger partial charge in [-0.1, -0.05) is 12.1 Å². The van der Waals surface area contributed by atoms with Gasteiger partial charge in [0, 0.05) is 30.9 Å². The molecule has 0 unspecified atom stereocenters. The van der Waals surface area contributed by atoms with Crippen molar-refractivity contribution in [2.24, 2.45) is 0 Å². The number of nitrogens with zero attached hydrogens (tertiary/aromatic N) is 2. The smallest absolute Gasteiger partial charge is 0.264 e. The van der Waals surface area contributed by atoms with E-state index in [4.69, 9.17) is 4.74 Å². The normalized spacial score (nSPS) is 14.2. The van der Waals surface area contributed by atoms with Gasteiger partial charge >= 0.3 is 0 Å². The van der Waals surface area contributed by atoms with Gasteiger partial charge in [-0.2, -0.15) is 4.31 Å². The minimum absolute atomic E-state index is 0.165. The molecule has 12 heteroatoms. The van der Waals surface area contributed by atoms with Crippen molar-refractivity contribution in [1.82, 2.24) is 9.62 Å². The molecule has 42 heavy (non-hydrogen) atoms. The predicted molar refractivity (Wildman–Crippen MR) is 165 cm³/mol. The van der Waals surface area contributed by atoms with Crippen molar-refractivity contribution in [2.45, 2.75) is 36.0 Å². The summed E-state index contributed by atoms with van der Waals surface area (Å²) in [5, 5.41) is 3.71. The molecular weight excluding hydrogens is 595 g/mol. The van der Waals surface area contributed by atoms with Crippen LogP contribution in [0.2, 0.25) is 0 Å². The zero-order chi connectivity index (χ0) is 29.9. The first-order valence-electron chi connectivity index (χ1n) is 13.7. The number of rotatable bonds is 11. The molecule has 1 saturated heterocycles. The molecule has 0 atom stereocenters. The molecule has 0 aliphatic carbocycles. The van der Waals surface area contributed by atoms with Crippen molar-refractivity contribution in [3.8, 4) is 5.75 Å². The maximum atomic E-state index is 13.4. The summed E-state index contributed by atoms with van der Waals surface area (Å²) in [5.74, 6) is 0.355. The summed E-state index contributed by atoms with van der Waals surface area (Å²) in [7, 11) is -5.72. The lowest BCUT2D eigenvalue weighted by Crippen LogP contribution is -2.30. The van der Waals surface area contributed by atoms with Gasteiger partial charge in [-0.05, 0) is 97.8 Å². The topological polar surface area (TPSA) is 113 Å². The standard InChI is InChI=1S/C30H33N3O6S3/c1-3-33(42(37,38)27-13-9-25(39-2)10-14-27)24-8-15-28-23(20-24)21-29(40-28)30(34)31-17-16-22-6-11-26(12-7-22)41(35,36)32-18-4-5-19-32/h6-15,20-21H,3-5,16-19H2,1-2H3,(H,31,34). The lowest BCUT2D eigenvalue weighted by Gasteiger charge is -2.23. The minimum atomic E-state index is -3.80. The number of hydrogen-bond acceptors (Lipinski definition) is 7. The van der Waals surface area contributed by atoms with E-state index in [1.807, 2.05) is 6.07 Å². The molecule has 1 aliphatic heterocycles. The molecule has 222 valence electrons. The number of carbonyl (C=O) groups is 1. The monoisotopic (exact) mass is 627 g/mol. The van der Waals surface area contributed by atoms with Crippen molar-refractivity contribution >= 4 is 53.1 Å². The lowest BCUT2D eigenvalue weighted by atomic mass is 10.1. The Morgan fingerprint density at radius 2 is 1.60 bits per heavy atom. The number of fused-ring (bicyclic) bond motifs is 1. The zero-order valence-corrected chi connectivity index (χ0v) is 25.9. The molecule has 1 amide bonds. The molecule has 1 N–H and O–H groups in total. The Morgan fingerprint density at radius 3 is 2.24 bits per heavy atom. The summed E-state index contributed by atoms with van der Waals surface area (Å²) in [6, 6.07) is 20.2. The van der Waals surface area contributed by atoms with E-state index in [9.17, 15) is 21.6 Å². The maximum absolute atomic E-state index is 13.4. The van der Waals surface area contributed by atoms with Crippen molar-refractivity contribution in [3.63, 3.8) is 0 Å². The molecule has 0 spiro atoms. The molecular formula is C30H33N3O6S3. The predicted octanol–water partition coefficient (Wildman–Crippen LogP) is 4.88. The molecule has 3 aromatic carbocycles. The van der Waals surface area contributed by atoms with Gasteiger partial charge in [0.1, 0.15) is 5.75 Å². The van der Waals surface area contributed by atoms with Crippen LogP contribution >= 0.6 is 11.3 Å². The van der Waals surface area contributed by atoms with Crippen LogP contribution in [0.5, 0.6) is 5.75 Å². The second-order valence-corrected chi connectivity index (χ2v) is 14.8. The second kappa shape index (κ2) is 12.4. The molecule has 0 bridgehead atoms. The van der Waals surface area contributed by atoms with Crippen LogP contribution in [-0.4, -0.2) is 60.3 Å². The van der Waals surface area contributed by atoms with Gasteiger partial charge in [-0.15, -0.1) is 11.3 Å². The number of thiophene rings is 1. The number of carbonyl (C=O) groups excluding carboxylic acids is 1. The van der Waals surface area contributed by atoms with Crippen molar-refractivity contribution in [1.29, 1.82) is 0 Å². The van der Waals surface area contributed by atoms with E-state index in [2.05, 4.69) is 5.32 Å². The quantitative estimate of drug-likeness (QED) is 0.254. The van der Waals surface area contributed by atoms with Crippen molar-refractivity contribution in [3.05, 3.63) is 83.2 Å². The molecule has 1 aliphatic rings. The van der Waals surface area contributed by atoms with Gasteiger partial charge in [-0.25, -0.2) is 16.8 Å². The van der Waals surface area contributed by atoms with Crippen LogP contribution in [0.4, 0.5) is 5.69 Å². The third-order valence-corrected chi connectivity index (χ3v) is 12.2. The number of anilines is 1. The Morgan fingerprint density at radius 1 is 0.929 bits per heavy atom. The third kappa shape index (κ3) is 6.17. The first kappa shape index (κ1) is 30.0. The molecule has 0 saturated carbocycles. The van der Waals surface area contributed by atoms with Crippen LogP contribution in [0.15, 0.2) is 82.6 Å². The van der Waals surface area contributed by atoms with Crippen LogP contribution in [0.1, 0.15) is 35.0 Å². The van der Waals surface area contributed by atoms with Crippen molar-refractivity contribution < 1.29 is 26.4 Å². The van der Waals surface area contributed by atoms with Crippen LogP contribution in [0.3, 0.4) is 0 Å². The molecule has 1 fully saturated rings. The van der Waals surface area contributed by atoms with Gasteiger partial charge in [0.05, 0.1) is 27.5 Å². The Kier molecular flexibility index (Phi) is 8.88. The number of benzene rings is 3. The fourth-order valence-electron chi connectivity index (χ4n) is 4.98. The molecule has 0 radical (unpaired) electrons. The number of sulfonamides is 2. The highest BCUT2D eigenvalue weighted by Crippen LogP contribution is 2.32. The summed E-state index contributed by atoms with van der Waals surface area (Å²) in [4.78, 5) is 13.9. The largest absolute Gasteiger partial charge is 0.497 e. The highest BCUT2D eigenvalue weighted by atomic mass is 32.2. The van der Waals surface area contributed by atoms with E-state index < -0.39 is 20.0 Å². The minimum Gasteiger partial charge on any atom is -0.497 e. The first-order chi connectivity index (χ1) is 20.1. The summed E-state index contributed by atoms with van der Waals surface area (Å²) in [5.41, 5.74) is 1.44. The summed E-state index contributed by atoms with van der Waals surface area (Å²) >= 11 is 1.34. The van der Waals surface area contributed by atoms with Crippen molar-refractivity contribution in [2.75, 3.05) is 37.6 Å². The average Bonchev–Trinajstić information content (AvgIpc) is 3.69. The number of ether oxygens (including phenoxy) is 1. The molecule has 2 heterocycles. The van der Waals surface area contributed by atoms with Crippen LogP contribution < -0.4 is 14.4 Å². The van der Waals surface area contributed by atoms with E-state index in [0.29, 0.717) is 47.3 Å². The van der Waals surface area contributed by atoms with E-state index in [1.54, 1.807) is 61.5 Å². The average molecular weight is 628 g/mol.